The average Bonchev–Trinajstić information content (AvgIpc) is 3.10. The number of rotatable bonds is 4. The van der Waals surface area contributed by atoms with Gasteiger partial charge in [0, 0.05) is 17.1 Å². The van der Waals surface area contributed by atoms with Crippen molar-refractivity contribution in [1.82, 2.24) is 9.78 Å². The first kappa shape index (κ1) is 13.6. The summed E-state index contributed by atoms with van der Waals surface area (Å²) in [5.74, 6) is -0.952. The molecule has 0 aliphatic carbocycles. The molecule has 0 aliphatic rings. The number of hydrogen-bond acceptors (Lipinski definition) is 3. The molecular formula is C16H14N2O2S. The Kier molecular flexibility index (Phi) is 3.58. The highest BCUT2D eigenvalue weighted by molar-refractivity contribution is 7.08. The Morgan fingerprint density at radius 1 is 1.29 bits per heavy atom. The lowest BCUT2D eigenvalue weighted by atomic mass is 10.1. The van der Waals surface area contributed by atoms with Crippen LogP contribution in [0.4, 0.5) is 0 Å². The van der Waals surface area contributed by atoms with Gasteiger partial charge >= 0.3 is 5.97 Å². The number of carboxylic acid groups (broad SMARTS) is 1. The normalized spacial score (nSPS) is 10.7. The number of hydrogen-bond donors (Lipinski definition) is 1. The summed E-state index contributed by atoms with van der Waals surface area (Å²) in [6.45, 7) is 2.60. The molecular weight excluding hydrogens is 284 g/mol. The molecule has 106 valence electrons. The van der Waals surface area contributed by atoms with E-state index in [1.165, 1.54) is 16.9 Å². The van der Waals surface area contributed by atoms with Crippen LogP contribution in [0.1, 0.15) is 21.5 Å². The Balaban J connectivity index is 1.95. The lowest BCUT2D eigenvalue weighted by molar-refractivity contribution is 0.0697. The van der Waals surface area contributed by atoms with Gasteiger partial charge in [0.1, 0.15) is 11.3 Å². The van der Waals surface area contributed by atoms with Gasteiger partial charge in [-0.15, -0.1) is 0 Å². The zero-order valence-electron chi connectivity index (χ0n) is 11.5. The van der Waals surface area contributed by atoms with E-state index in [1.54, 1.807) is 10.9 Å². The minimum atomic E-state index is -0.952. The number of carboxylic acids is 1. The van der Waals surface area contributed by atoms with Crippen LogP contribution in [0.15, 0.2) is 47.3 Å². The molecule has 2 heterocycles. The van der Waals surface area contributed by atoms with Crippen LogP contribution in [0.2, 0.25) is 0 Å². The number of aromatic nitrogens is 2. The molecule has 0 saturated heterocycles. The molecule has 0 atom stereocenters. The van der Waals surface area contributed by atoms with Gasteiger partial charge < -0.3 is 5.11 Å². The van der Waals surface area contributed by atoms with Crippen LogP contribution < -0.4 is 0 Å². The molecule has 0 aliphatic heterocycles. The molecule has 0 saturated carbocycles. The lowest BCUT2D eigenvalue weighted by Crippen LogP contribution is -2.00. The van der Waals surface area contributed by atoms with Gasteiger partial charge in [-0.1, -0.05) is 29.8 Å². The van der Waals surface area contributed by atoms with E-state index in [0.29, 0.717) is 12.2 Å². The quantitative estimate of drug-likeness (QED) is 0.799. The van der Waals surface area contributed by atoms with E-state index in [2.05, 4.69) is 5.10 Å². The van der Waals surface area contributed by atoms with Gasteiger partial charge in [-0.25, -0.2) is 4.79 Å². The predicted octanol–water partition coefficient (Wildman–Crippen LogP) is 3.67. The van der Waals surface area contributed by atoms with Gasteiger partial charge in [0.15, 0.2) is 0 Å². The second kappa shape index (κ2) is 5.54. The molecule has 0 spiro atoms. The summed E-state index contributed by atoms with van der Waals surface area (Å²) in [6.07, 6.45) is 1.59. The summed E-state index contributed by atoms with van der Waals surface area (Å²) >= 11 is 1.53. The fraction of sp³-hybridized carbons (Fsp3) is 0.125. The molecule has 0 radical (unpaired) electrons. The summed E-state index contributed by atoms with van der Waals surface area (Å²) in [7, 11) is 0. The second-order valence-electron chi connectivity index (χ2n) is 4.89. The maximum atomic E-state index is 11.4. The van der Waals surface area contributed by atoms with Crippen LogP contribution in [-0.2, 0) is 6.54 Å². The SMILES string of the molecule is Cc1ccc(Cn2cc(C(=O)O)c(-c3ccsc3)n2)cc1. The van der Waals surface area contributed by atoms with Gasteiger partial charge in [-0.3, -0.25) is 4.68 Å². The Morgan fingerprint density at radius 3 is 2.67 bits per heavy atom. The van der Waals surface area contributed by atoms with Gasteiger partial charge in [0.2, 0.25) is 0 Å². The molecule has 3 aromatic rings. The third-order valence-corrected chi connectivity index (χ3v) is 3.94. The topological polar surface area (TPSA) is 55.1 Å². The van der Waals surface area contributed by atoms with Crippen molar-refractivity contribution < 1.29 is 9.90 Å². The summed E-state index contributed by atoms with van der Waals surface area (Å²) in [4.78, 5) is 11.4. The van der Waals surface area contributed by atoms with E-state index in [0.717, 1.165) is 11.1 Å². The van der Waals surface area contributed by atoms with Crippen LogP contribution in [0.3, 0.4) is 0 Å². The highest BCUT2D eigenvalue weighted by Gasteiger charge is 2.17. The predicted molar refractivity (Wildman–Crippen MR) is 82.8 cm³/mol. The van der Waals surface area contributed by atoms with Crippen molar-refractivity contribution in [3.63, 3.8) is 0 Å². The summed E-state index contributed by atoms with van der Waals surface area (Å²) in [6, 6.07) is 10.0. The number of thiophene rings is 1. The molecule has 2 aromatic heterocycles. The molecule has 3 rings (SSSR count). The maximum Gasteiger partial charge on any atom is 0.339 e. The van der Waals surface area contributed by atoms with Gasteiger partial charge in [-0.05, 0) is 23.9 Å². The molecule has 21 heavy (non-hydrogen) atoms. The highest BCUT2D eigenvalue weighted by Crippen LogP contribution is 2.24. The molecule has 4 nitrogen and oxygen atoms in total. The van der Waals surface area contributed by atoms with Crippen molar-refractivity contribution in [3.05, 3.63) is 64.0 Å². The number of aromatic carboxylic acids is 1. The molecule has 1 N–H and O–H groups in total. The molecule has 5 heteroatoms. The number of benzene rings is 1. The Bertz CT molecular complexity index is 758. The monoisotopic (exact) mass is 298 g/mol. The molecule has 0 bridgehead atoms. The Morgan fingerprint density at radius 2 is 2.05 bits per heavy atom. The van der Waals surface area contributed by atoms with Crippen molar-refractivity contribution in [2.75, 3.05) is 0 Å². The largest absolute Gasteiger partial charge is 0.478 e. The van der Waals surface area contributed by atoms with Gasteiger partial charge in [-0.2, -0.15) is 16.4 Å². The smallest absolute Gasteiger partial charge is 0.339 e. The zero-order valence-corrected chi connectivity index (χ0v) is 12.3. The first-order valence-corrected chi connectivity index (χ1v) is 7.46. The summed E-state index contributed by atoms with van der Waals surface area (Å²) < 4.78 is 1.68. The standard InChI is InChI=1S/C16H14N2O2S/c1-11-2-4-12(5-3-11)8-18-9-14(16(19)20)15(17-18)13-6-7-21-10-13/h2-7,9-10H,8H2,1H3,(H,19,20). The van der Waals surface area contributed by atoms with Crippen LogP contribution in [-0.4, -0.2) is 20.9 Å². The molecule has 1 aromatic carbocycles. The van der Waals surface area contributed by atoms with E-state index < -0.39 is 5.97 Å². The molecule has 0 unspecified atom stereocenters. The lowest BCUT2D eigenvalue weighted by Gasteiger charge is -2.02. The average molecular weight is 298 g/mol. The van der Waals surface area contributed by atoms with Crippen molar-refractivity contribution in [2.45, 2.75) is 13.5 Å². The van der Waals surface area contributed by atoms with E-state index in [9.17, 15) is 9.90 Å². The van der Waals surface area contributed by atoms with E-state index in [4.69, 9.17) is 0 Å². The number of aryl methyl sites for hydroxylation is 1. The van der Waals surface area contributed by atoms with E-state index in [1.807, 2.05) is 48.0 Å². The maximum absolute atomic E-state index is 11.4. The summed E-state index contributed by atoms with van der Waals surface area (Å²) in [5.41, 5.74) is 3.90. The Hall–Kier alpha value is -2.40. The highest BCUT2D eigenvalue weighted by atomic mass is 32.1. The fourth-order valence-corrected chi connectivity index (χ4v) is 2.79. The van der Waals surface area contributed by atoms with Crippen LogP contribution in [0.5, 0.6) is 0 Å². The van der Waals surface area contributed by atoms with E-state index >= 15 is 0 Å². The summed E-state index contributed by atoms with van der Waals surface area (Å²) in [5, 5.41) is 17.6. The third kappa shape index (κ3) is 2.87. The fourth-order valence-electron chi connectivity index (χ4n) is 2.15. The number of nitrogens with zero attached hydrogens (tertiary/aromatic N) is 2. The minimum absolute atomic E-state index is 0.237. The molecule has 0 fully saturated rings. The first-order chi connectivity index (χ1) is 10.1. The Labute approximate surface area is 126 Å². The second-order valence-corrected chi connectivity index (χ2v) is 5.67. The van der Waals surface area contributed by atoms with Crippen molar-refractivity contribution in [2.24, 2.45) is 0 Å². The zero-order chi connectivity index (χ0) is 14.8. The van der Waals surface area contributed by atoms with Crippen molar-refractivity contribution in [1.29, 1.82) is 0 Å². The van der Waals surface area contributed by atoms with Crippen LogP contribution in [0.25, 0.3) is 11.3 Å². The minimum Gasteiger partial charge on any atom is -0.478 e. The van der Waals surface area contributed by atoms with Crippen molar-refractivity contribution in [3.8, 4) is 11.3 Å². The van der Waals surface area contributed by atoms with Crippen molar-refractivity contribution >= 4 is 17.3 Å². The van der Waals surface area contributed by atoms with Gasteiger partial charge in [0.05, 0.1) is 6.54 Å². The third-order valence-electron chi connectivity index (χ3n) is 3.25. The van der Waals surface area contributed by atoms with Crippen LogP contribution >= 0.6 is 11.3 Å². The first-order valence-electron chi connectivity index (χ1n) is 6.52. The van der Waals surface area contributed by atoms with E-state index in [-0.39, 0.29) is 5.56 Å². The molecule has 0 amide bonds. The number of carbonyl (C=O) groups is 1. The van der Waals surface area contributed by atoms with Gasteiger partial charge in [0.25, 0.3) is 0 Å². The van der Waals surface area contributed by atoms with Crippen LogP contribution in [0, 0.1) is 6.92 Å².